The molecule has 22 heavy (non-hydrogen) atoms. The molecule has 6 nitrogen and oxygen atoms in total. The minimum Gasteiger partial charge on any atom is -0.339 e. The Morgan fingerprint density at radius 3 is 2.64 bits per heavy atom. The Bertz CT molecular complexity index is 648. The first-order valence-electron chi connectivity index (χ1n) is 7.00. The summed E-state index contributed by atoms with van der Waals surface area (Å²) in [4.78, 5) is 27.0. The van der Waals surface area contributed by atoms with Gasteiger partial charge in [0.15, 0.2) is 0 Å². The summed E-state index contributed by atoms with van der Waals surface area (Å²) in [6.07, 6.45) is 3.38. The molecule has 1 atom stereocenters. The van der Waals surface area contributed by atoms with Crippen molar-refractivity contribution in [1.82, 2.24) is 15.1 Å². The molecule has 0 aromatic carbocycles. The second kappa shape index (κ2) is 6.74. The maximum atomic E-state index is 12.7. The minimum atomic E-state index is -0.584. The number of rotatable bonds is 5. The van der Waals surface area contributed by atoms with Crippen LogP contribution in [0.25, 0.3) is 0 Å². The summed E-state index contributed by atoms with van der Waals surface area (Å²) in [6.45, 7) is 3.82. The van der Waals surface area contributed by atoms with Crippen LogP contribution in [-0.4, -0.2) is 34.7 Å². The molecule has 2 heterocycles. The van der Waals surface area contributed by atoms with Gasteiger partial charge in [-0.3, -0.25) is 14.3 Å². The summed E-state index contributed by atoms with van der Waals surface area (Å²) in [6, 6.07) is 2.97. The third-order valence-corrected chi connectivity index (χ3v) is 4.24. The molecule has 1 unspecified atom stereocenters. The van der Waals surface area contributed by atoms with Gasteiger partial charge in [-0.25, -0.2) is 0 Å². The number of nitrogens with one attached hydrogen (secondary N) is 1. The van der Waals surface area contributed by atoms with Crippen LogP contribution in [0.5, 0.6) is 0 Å². The first-order valence-corrected chi connectivity index (χ1v) is 7.88. The highest BCUT2D eigenvalue weighted by molar-refractivity contribution is 7.12. The Balaban J connectivity index is 2.13. The van der Waals surface area contributed by atoms with Gasteiger partial charge < -0.3 is 10.2 Å². The Morgan fingerprint density at radius 1 is 1.41 bits per heavy atom. The van der Waals surface area contributed by atoms with Crippen molar-refractivity contribution in [3.63, 3.8) is 0 Å². The molecule has 1 N–H and O–H groups in total. The summed E-state index contributed by atoms with van der Waals surface area (Å²) in [5.41, 5.74) is 0.698. The summed E-state index contributed by atoms with van der Waals surface area (Å²) in [7, 11) is 3.48. The normalized spacial score (nSPS) is 12.2. The highest BCUT2D eigenvalue weighted by Gasteiger charge is 2.28. The highest BCUT2D eigenvalue weighted by Crippen LogP contribution is 2.15. The molecular weight excluding hydrogens is 300 g/mol. The van der Waals surface area contributed by atoms with Gasteiger partial charge in [0.2, 0.25) is 5.91 Å². The second-order valence-electron chi connectivity index (χ2n) is 5.44. The van der Waals surface area contributed by atoms with Crippen LogP contribution < -0.4 is 10.2 Å². The van der Waals surface area contributed by atoms with Gasteiger partial charge in [-0.05, 0) is 17.4 Å². The van der Waals surface area contributed by atoms with Crippen molar-refractivity contribution in [3.8, 4) is 0 Å². The number of likely N-dealkylation sites (N-methyl/N-ethyl adjacent to an activating group) is 1. The van der Waals surface area contributed by atoms with Gasteiger partial charge in [-0.15, -0.1) is 11.3 Å². The van der Waals surface area contributed by atoms with Gasteiger partial charge in [-0.1, -0.05) is 19.9 Å². The smallest absolute Gasteiger partial charge is 0.262 e. The van der Waals surface area contributed by atoms with E-state index in [1.54, 1.807) is 37.2 Å². The van der Waals surface area contributed by atoms with Gasteiger partial charge >= 0.3 is 0 Å². The second-order valence-corrected chi connectivity index (χ2v) is 6.39. The zero-order valence-electron chi connectivity index (χ0n) is 13.1. The minimum absolute atomic E-state index is 0.0180. The number of thiophene rings is 1. The van der Waals surface area contributed by atoms with E-state index in [2.05, 4.69) is 10.4 Å². The Hall–Kier alpha value is -2.15. The fourth-order valence-corrected chi connectivity index (χ4v) is 2.68. The number of aryl methyl sites for hydroxylation is 1. The lowest BCUT2D eigenvalue weighted by molar-refractivity contribution is -0.121. The van der Waals surface area contributed by atoms with E-state index in [1.807, 2.05) is 25.3 Å². The molecule has 0 bridgehead atoms. The molecule has 0 radical (unpaired) electrons. The van der Waals surface area contributed by atoms with Crippen LogP contribution in [-0.2, 0) is 11.8 Å². The number of carbonyl (C=O) groups excluding carboxylic acids is 2. The molecule has 0 aliphatic rings. The maximum Gasteiger partial charge on any atom is 0.262 e. The van der Waals surface area contributed by atoms with Crippen LogP contribution in [0.15, 0.2) is 29.9 Å². The van der Waals surface area contributed by atoms with E-state index in [-0.39, 0.29) is 17.7 Å². The van der Waals surface area contributed by atoms with Gasteiger partial charge in [0.25, 0.3) is 5.91 Å². The van der Waals surface area contributed by atoms with E-state index >= 15 is 0 Å². The third-order valence-electron chi connectivity index (χ3n) is 3.37. The monoisotopic (exact) mass is 320 g/mol. The van der Waals surface area contributed by atoms with Crippen LogP contribution in [0.2, 0.25) is 0 Å². The number of aromatic nitrogens is 2. The van der Waals surface area contributed by atoms with Crippen LogP contribution in [0, 0.1) is 5.92 Å². The average Bonchev–Trinajstić information content (AvgIpc) is 3.13. The standard InChI is InChI=1S/C15H20N4O2S/c1-10(2)13(17-14(20)12-6-5-7-22-12)15(21)19(4)11-8-16-18(3)9-11/h5-10,13H,1-4H3,(H,17,20). The van der Waals surface area contributed by atoms with E-state index in [9.17, 15) is 9.59 Å². The summed E-state index contributed by atoms with van der Waals surface area (Å²) in [5, 5.41) is 8.73. The zero-order valence-corrected chi connectivity index (χ0v) is 13.9. The number of carbonyl (C=O) groups is 2. The Morgan fingerprint density at radius 2 is 2.14 bits per heavy atom. The van der Waals surface area contributed by atoms with E-state index in [4.69, 9.17) is 0 Å². The predicted octanol–water partition coefficient (Wildman–Crippen LogP) is 1.90. The zero-order chi connectivity index (χ0) is 16.3. The Labute approximate surface area is 133 Å². The van der Waals surface area contributed by atoms with Crippen molar-refractivity contribution < 1.29 is 9.59 Å². The molecule has 2 aromatic heterocycles. The summed E-state index contributed by atoms with van der Waals surface area (Å²) < 4.78 is 1.63. The van der Waals surface area contributed by atoms with Crippen molar-refractivity contribution in [2.45, 2.75) is 19.9 Å². The van der Waals surface area contributed by atoms with E-state index in [0.717, 1.165) is 0 Å². The average molecular weight is 320 g/mol. The molecular formula is C15H20N4O2S. The number of hydrogen-bond acceptors (Lipinski definition) is 4. The lowest BCUT2D eigenvalue weighted by Crippen LogP contribution is -2.50. The Kier molecular flexibility index (Phi) is 4.97. The number of anilines is 1. The highest BCUT2D eigenvalue weighted by atomic mass is 32.1. The van der Waals surface area contributed by atoms with Crippen molar-refractivity contribution in [3.05, 3.63) is 34.8 Å². The van der Waals surface area contributed by atoms with Crippen molar-refractivity contribution in [2.24, 2.45) is 13.0 Å². The molecule has 2 aromatic rings. The largest absolute Gasteiger partial charge is 0.339 e. The van der Waals surface area contributed by atoms with Crippen LogP contribution in [0.1, 0.15) is 23.5 Å². The van der Waals surface area contributed by atoms with Gasteiger partial charge in [0.05, 0.1) is 16.8 Å². The SMILES string of the molecule is CC(C)C(NC(=O)c1cccs1)C(=O)N(C)c1cnn(C)c1. The topological polar surface area (TPSA) is 67.2 Å². The van der Waals surface area contributed by atoms with Gasteiger partial charge in [-0.2, -0.15) is 5.10 Å². The first-order chi connectivity index (χ1) is 10.4. The molecule has 0 spiro atoms. The number of hydrogen-bond donors (Lipinski definition) is 1. The van der Waals surface area contributed by atoms with Crippen molar-refractivity contribution in [2.75, 3.05) is 11.9 Å². The molecule has 0 saturated heterocycles. The molecule has 7 heteroatoms. The van der Waals surface area contributed by atoms with Crippen LogP contribution in [0.4, 0.5) is 5.69 Å². The van der Waals surface area contributed by atoms with Crippen molar-refractivity contribution in [1.29, 1.82) is 0 Å². The molecule has 0 fully saturated rings. The first kappa shape index (κ1) is 16.2. The van der Waals surface area contributed by atoms with E-state index in [1.165, 1.54) is 16.2 Å². The molecule has 0 aliphatic heterocycles. The van der Waals surface area contributed by atoms with Crippen LogP contribution in [0.3, 0.4) is 0 Å². The molecule has 118 valence electrons. The third kappa shape index (κ3) is 3.54. The molecule has 2 rings (SSSR count). The lowest BCUT2D eigenvalue weighted by Gasteiger charge is -2.26. The summed E-state index contributed by atoms with van der Waals surface area (Å²) in [5.74, 6) is -0.398. The van der Waals surface area contributed by atoms with Gasteiger partial charge in [0.1, 0.15) is 6.04 Å². The molecule has 2 amide bonds. The fraction of sp³-hybridized carbons (Fsp3) is 0.400. The lowest BCUT2D eigenvalue weighted by atomic mass is 10.0. The van der Waals surface area contributed by atoms with E-state index < -0.39 is 6.04 Å². The number of nitrogens with zero attached hydrogens (tertiary/aromatic N) is 3. The maximum absolute atomic E-state index is 12.7. The van der Waals surface area contributed by atoms with Crippen molar-refractivity contribution >= 4 is 28.8 Å². The number of amides is 2. The quantitative estimate of drug-likeness (QED) is 0.915. The predicted molar refractivity (Wildman–Crippen MR) is 87.0 cm³/mol. The van der Waals surface area contributed by atoms with E-state index in [0.29, 0.717) is 10.6 Å². The van der Waals surface area contributed by atoms with Crippen LogP contribution >= 0.6 is 11.3 Å². The fourth-order valence-electron chi connectivity index (χ4n) is 2.05. The van der Waals surface area contributed by atoms with Gasteiger partial charge in [0, 0.05) is 20.3 Å². The molecule has 0 aliphatic carbocycles. The molecule has 0 saturated carbocycles. The summed E-state index contributed by atoms with van der Waals surface area (Å²) >= 11 is 1.35.